The molecule has 2 fully saturated rings. The van der Waals surface area contributed by atoms with E-state index in [1.54, 1.807) is 36.1 Å². The second-order valence-corrected chi connectivity index (χ2v) is 9.59. The fourth-order valence-electron chi connectivity index (χ4n) is 4.74. The van der Waals surface area contributed by atoms with Gasteiger partial charge in [0.15, 0.2) is 0 Å². The van der Waals surface area contributed by atoms with E-state index in [2.05, 4.69) is 10.2 Å². The van der Waals surface area contributed by atoms with Crippen molar-refractivity contribution in [1.29, 1.82) is 0 Å². The van der Waals surface area contributed by atoms with E-state index in [-0.39, 0.29) is 31.0 Å². The second kappa shape index (κ2) is 9.44. The topological polar surface area (TPSA) is 107 Å². The van der Waals surface area contributed by atoms with Gasteiger partial charge in [-0.3, -0.25) is 4.79 Å². The van der Waals surface area contributed by atoms with Gasteiger partial charge in [0.2, 0.25) is 0 Å². The number of esters is 1. The lowest BCUT2D eigenvalue weighted by molar-refractivity contribution is -0.150. The van der Waals surface area contributed by atoms with E-state index >= 15 is 0 Å². The third kappa shape index (κ3) is 4.76. The molecule has 3 heterocycles. The lowest BCUT2D eigenvalue weighted by atomic mass is 9.86. The van der Waals surface area contributed by atoms with Crippen LogP contribution in [0.2, 0.25) is 0 Å². The van der Waals surface area contributed by atoms with Crippen molar-refractivity contribution in [2.45, 2.75) is 58.2 Å². The van der Waals surface area contributed by atoms with Crippen LogP contribution in [0.15, 0.2) is 36.7 Å². The Bertz CT molecular complexity index is 1050. The van der Waals surface area contributed by atoms with Crippen LogP contribution in [-0.4, -0.2) is 80.1 Å². The average Bonchev–Trinajstić information content (AvgIpc) is 3.46. The van der Waals surface area contributed by atoms with Crippen LogP contribution in [0, 0.1) is 5.92 Å². The van der Waals surface area contributed by atoms with Crippen LogP contribution < -0.4 is 0 Å². The summed E-state index contributed by atoms with van der Waals surface area (Å²) < 4.78 is 10.9. The number of fused-ring (bicyclic) bond motifs is 1. The highest BCUT2D eigenvalue weighted by Crippen LogP contribution is 2.37. The quantitative estimate of drug-likeness (QED) is 0.634. The van der Waals surface area contributed by atoms with Crippen molar-refractivity contribution in [3.05, 3.63) is 42.2 Å². The highest BCUT2D eigenvalue weighted by Gasteiger charge is 2.49. The van der Waals surface area contributed by atoms with Crippen molar-refractivity contribution >= 4 is 18.0 Å². The Labute approximate surface area is 198 Å². The molecule has 0 saturated carbocycles. The largest absolute Gasteiger partial charge is 0.464 e. The van der Waals surface area contributed by atoms with Gasteiger partial charge in [-0.2, -0.15) is 15.0 Å². The number of amides is 2. The molecule has 0 aliphatic carbocycles. The molecule has 2 aliphatic heterocycles. The van der Waals surface area contributed by atoms with E-state index in [1.165, 1.54) is 22.1 Å². The summed E-state index contributed by atoms with van der Waals surface area (Å²) >= 11 is 0. The van der Waals surface area contributed by atoms with Crippen molar-refractivity contribution in [3.8, 4) is 5.69 Å². The molecule has 0 bridgehead atoms. The Morgan fingerprint density at radius 3 is 2.47 bits per heavy atom. The number of nitrogens with zero attached hydrogens (tertiary/aromatic N) is 5. The van der Waals surface area contributed by atoms with Gasteiger partial charge in [-0.1, -0.05) is 12.1 Å². The first-order valence-corrected chi connectivity index (χ1v) is 11.6. The Kier molecular flexibility index (Phi) is 6.58. The van der Waals surface area contributed by atoms with Crippen LogP contribution in [0.5, 0.6) is 0 Å². The Morgan fingerprint density at radius 2 is 1.79 bits per heavy atom. The van der Waals surface area contributed by atoms with E-state index in [0.717, 1.165) is 6.42 Å². The van der Waals surface area contributed by atoms with Crippen LogP contribution in [0.1, 0.15) is 50.9 Å². The SMILES string of the molecule is CCOC(=O)[C@@H]1C[C@H]2CCN(C(=O)OC(C)(C)C)[C@H]2CN1C(=O)c1ccccc1-n1nccn1. The number of ether oxygens (including phenoxy) is 2. The lowest BCUT2D eigenvalue weighted by Crippen LogP contribution is -2.58. The zero-order valence-electron chi connectivity index (χ0n) is 20.0. The number of hydrogen-bond donors (Lipinski definition) is 0. The molecule has 182 valence electrons. The van der Waals surface area contributed by atoms with Gasteiger partial charge in [-0.25, -0.2) is 9.59 Å². The maximum Gasteiger partial charge on any atom is 0.410 e. The normalized spacial score (nSPS) is 22.3. The molecular weight excluding hydrogens is 438 g/mol. The third-order valence-electron chi connectivity index (χ3n) is 6.19. The van der Waals surface area contributed by atoms with Crippen LogP contribution in [0.3, 0.4) is 0 Å². The molecule has 0 N–H and O–H groups in total. The maximum atomic E-state index is 13.8. The molecule has 3 atom stereocenters. The number of carbonyl (C=O) groups excluding carboxylic acids is 3. The van der Waals surface area contributed by atoms with Gasteiger partial charge in [0.05, 0.1) is 36.3 Å². The molecule has 4 rings (SSSR count). The van der Waals surface area contributed by atoms with Crippen LogP contribution >= 0.6 is 0 Å². The van der Waals surface area contributed by atoms with Crippen molar-refractivity contribution in [3.63, 3.8) is 0 Å². The van der Waals surface area contributed by atoms with Gasteiger partial charge in [0.25, 0.3) is 5.91 Å². The molecule has 2 amide bonds. The molecule has 2 saturated heterocycles. The van der Waals surface area contributed by atoms with Gasteiger partial charge in [-0.15, -0.1) is 0 Å². The van der Waals surface area contributed by atoms with E-state index < -0.39 is 23.7 Å². The number of rotatable bonds is 4. The minimum Gasteiger partial charge on any atom is -0.464 e. The van der Waals surface area contributed by atoms with Crippen molar-refractivity contribution in [2.75, 3.05) is 19.7 Å². The van der Waals surface area contributed by atoms with E-state index in [9.17, 15) is 14.4 Å². The van der Waals surface area contributed by atoms with E-state index in [1.807, 2.05) is 20.8 Å². The molecule has 0 unspecified atom stereocenters. The van der Waals surface area contributed by atoms with Gasteiger partial charge in [-0.05, 0) is 58.6 Å². The minimum absolute atomic E-state index is 0.0778. The maximum absolute atomic E-state index is 13.8. The van der Waals surface area contributed by atoms with Crippen LogP contribution in [-0.2, 0) is 14.3 Å². The van der Waals surface area contributed by atoms with Gasteiger partial charge < -0.3 is 19.3 Å². The summed E-state index contributed by atoms with van der Waals surface area (Å²) in [4.78, 5) is 44.2. The Hall–Kier alpha value is -3.43. The van der Waals surface area contributed by atoms with Crippen molar-refractivity contribution in [2.24, 2.45) is 5.92 Å². The summed E-state index contributed by atoms with van der Waals surface area (Å²) in [7, 11) is 0. The predicted molar refractivity (Wildman–Crippen MR) is 122 cm³/mol. The molecular formula is C24H31N5O5. The standard InChI is InChI=1S/C24H31N5O5/c1-5-33-22(31)19-14-16-10-13-27(23(32)34-24(2,3)4)20(16)15-28(19)21(30)17-8-6-7-9-18(17)29-25-11-12-26-29/h6-9,11-12,16,19-20H,5,10,13-15H2,1-4H3/t16-,19+,20+/m1/s1. The number of piperidine rings is 1. The predicted octanol–water partition coefficient (Wildman–Crippen LogP) is 2.67. The Morgan fingerprint density at radius 1 is 1.09 bits per heavy atom. The smallest absolute Gasteiger partial charge is 0.410 e. The fraction of sp³-hybridized carbons (Fsp3) is 0.542. The molecule has 10 heteroatoms. The number of carbonyl (C=O) groups is 3. The summed E-state index contributed by atoms with van der Waals surface area (Å²) in [6.45, 7) is 8.19. The summed E-state index contributed by atoms with van der Waals surface area (Å²) in [5.74, 6) is -0.686. The third-order valence-corrected chi connectivity index (χ3v) is 6.19. The highest BCUT2D eigenvalue weighted by atomic mass is 16.6. The monoisotopic (exact) mass is 469 g/mol. The fourth-order valence-corrected chi connectivity index (χ4v) is 4.74. The minimum atomic E-state index is -0.731. The zero-order valence-corrected chi connectivity index (χ0v) is 20.0. The first kappa shape index (κ1) is 23.7. The lowest BCUT2D eigenvalue weighted by Gasteiger charge is -2.42. The molecule has 2 aliphatic rings. The van der Waals surface area contributed by atoms with Gasteiger partial charge in [0, 0.05) is 13.1 Å². The Balaban J connectivity index is 1.65. The summed E-state index contributed by atoms with van der Waals surface area (Å²) in [6, 6.07) is 6.03. The molecule has 2 aromatic rings. The zero-order chi connectivity index (χ0) is 24.5. The molecule has 34 heavy (non-hydrogen) atoms. The summed E-state index contributed by atoms with van der Waals surface area (Å²) in [5, 5.41) is 8.31. The van der Waals surface area contributed by atoms with Crippen molar-refractivity contribution < 1.29 is 23.9 Å². The molecule has 0 radical (unpaired) electrons. The molecule has 10 nitrogen and oxygen atoms in total. The van der Waals surface area contributed by atoms with Gasteiger partial charge >= 0.3 is 12.1 Å². The summed E-state index contributed by atoms with van der Waals surface area (Å²) in [5.41, 5.74) is 0.258. The molecule has 0 spiro atoms. The number of likely N-dealkylation sites (tertiary alicyclic amines) is 2. The van der Waals surface area contributed by atoms with Crippen molar-refractivity contribution in [1.82, 2.24) is 24.8 Å². The molecule has 1 aromatic carbocycles. The molecule has 1 aromatic heterocycles. The highest BCUT2D eigenvalue weighted by molar-refractivity contribution is 6.00. The average molecular weight is 470 g/mol. The first-order valence-electron chi connectivity index (χ1n) is 11.6. The van der Waals surface area contributed by atoms with Gasteiger partial charge in [0.1, 0.15) is 11.6 Å². The number of para-hydroxylation sites is 1. The number of hydrogen-bond acceptors (Lipinski definition) is 7. The number of aromatic nitrogens is 3. The number of benzene rings is 1. The van der Waals surface area contributed by atoms with Crippen LogP contribution in [0.4, 0.5) is 4.79 Å². The first-order chi connectivity index (χ1) is 16.2. The van der Waals surface area contributed by atoms with Crippen LogP contribution in [0.25, 0.3) is 5.69 Å². The van der Waals surface area contributed by atoms with E-state index in [0.29, 0.717) is 24.2 Å². The summed E-state index contributed by atoms with van der Waals surface area (Å²) in [6.07, 6.45) is 3.84. The second-order valence-electron chi connectivity index (χ2n) is 9.59. The van der Waals surface area contributed by atoms with E-state index in [4.69, 9.17) is 9.47 Å².